The summed E-state index contributed by atoms with van der Waals surface area (Å²) < 4.78 is 1.24. The zero-order valence-corrected chi connectivity index (χ0v) is 12.2. The van der Waals surface area contributed by atoms with Crippen LogP contribution in [-0.4, -0.2) is 6.54 Å². The van der Waals surface area contributed by atoms with Crippen molar-refractivity contribution < 1.29 is 0 Å². The lowest BCUT2D eigenvalue weighted by molar-refractivity contribution is 0.686. The summed E-state index contributed by atoms with van der Waals surface area (Å²) in [5.41, 5.74) is 4.01. The van der Waals surface area contributed by atoms with Gasteiger partial charge in [-0.1, -0.05) is 64.5 Å². The average Bonchev–Trinajstić information content (AvgIpc) is 2.40. The Hall–Kier alpha value is -1.12. The van der Waals surface area contributed by atoms with E-state index >= 15 is 0 Å². The molecule has 0 aliphatic heterocycles. The third kappa shape index (κ3) is 3.69. The molecule has 0 bridgehead atoms. The minimum Gasteiger partial charge on any atom is -0.312 e. The van der Waals surface area contributed by atoms with Crippen LogP contribution < -0.4 is 5.32 Å². The van der Waals surface area contributed by atoms with Crippen LogP contribution in [0, 0.1) is 6.92 Å². The Labute approximate surface area is 117 Å². The maximum absolute atomic E-state index is 3.65. The van der Waals surface area contributed by atoms with Gasteiger partial charge in [0.05, 0.1) is 0 Å². The molecule has 2 aromatic rings. The molecule has 0 radical (unpaired) electrons. The summed E-state index contributed by atoms with van der Waals surface area (Å²) in [6.45, 7) is 4.06. The Balaban J connectivity index is 1.81. The van der Waals surface area contributed by atoms with Crippen LogP contribution in [0.3, 0.4) is 0 Å². The molecule has 0 saturated heterocycles. The molecule has 18 heavy (non-hydrogen) atoms. The second kappa shape index (κ2) is 6.72. The van der Waals surface area contributed by atoms with Gasteiger partial charge < -0.3 is 5.32 Å². The lowest BCUT2D eigenvalue weighted by Crippen LogP contribution is -2.16. The lowest BCUT2D eigenvalue weighted by Gasteiger charge is -2.08. The van der Waals surface area contributed by atoms with Crippen LogP contribution >= 0.6 is 15.9 Å². The summed E-state index contributed by atoms with van der Waals surface area (Å²) >= 11 is 3.65. The smallest absolute Gasteiger partial charge is 0.0236 e. The molecule has 2 aromatic carbocycles. The normalized spacial score (nSPS) is 10.6. The number of halogens is 1. The minimum absolute atomic E-state index is 0.935. The van der Waals surface area contributed by atoms with Crippen molar-refractivity contribution >= 4 is 15.9 Å². The number of hydrogen-bond donors (Lipinski definition) is 1. The van der Waals surface area contributed by atoms with Crippen molar-refractivity contribution in [2.45, 2.75) is 19.9 Å². The number of rotatable bonds is 5. The Morgan fingerprint density at radius 2 is 1.78 bits per heavy atom. The molecule has 0 spiro atoms. The van der Waals surface area contributed by atoms with Gasteiger partial charge in [-0.05, 0) is 36.6 Å². The second-order valence-corrected chi connectivity index (χ2v) is 5.25. The molecule has 94 valence electrons. The van der Waals surface area contributed by atoms with Crippen molar-refractivity contribution in [3.63, 3.8) is 0 Å². The molecule has 1 N–H and O–H groups in total. The third-order valence-electron chi connectivity index (χ3n) is 3.01. The molecular weight excluding hydrogens is 286 g/mol. The quantitative estimate of drug-likeness (QED) is 0.820. The fourth-order valence-electron chi connectivity index (χ4n) is 1.95. The largest absolute Gasteiger partial charge is 0.312 e. The van der Waals surface area contributed by atoms with Crippen LogP contribution in [0.4, 0.5) is 0 Å². The van der Waals surface area contributed by atoms with Gasteiger partial charge in [0.15, 0.2) is 0 Å². The van der Waals surface area contributed by atoms with E-state index in [0.717, 1.165) is 19.5 Å². The molecule has 0 saturated carbocycles. The standard InChI is InChI=1S/C16H18BrN/c1-13-6-5-9-15(16(13)17)10-11-18-12-14-7-3-2-4-8-14/h2-9,18H,10-12H2,1H3. The van der Waals surface area contributed by atoms with Gasteiger partial charge in [-0.3, -0.25) is 0 Å². The molecule has 0 unspecified atom stereocenters. The molecule has 0 aromatic heterocycles. The molecular formula is C16H18BrN. The van der Waals surface area contributed by atoms with Crippen LogP contribution in [0.15, 0.2) is 53.0 Å². The fourth-order valence-corrected chi connectivity index (χ4v) is 2.42. The summed E-state index contributed by atoms with van der Waals surface area (Å²) in [4.78, 5) is 0. The molecule has 0 fully saturated rings. The third-order valence-corrected chi connectivity index (χ3v) is 4.15. The number of benzene rings is 2. The van der Waals surface area contributed by atoms with Crippen LogP contribution in [0.1, 0.15) is 16.7 Å². The van der Waals surface area contributed by atoms with Gasteiger partial charge in [-0.15, -0.1) is 0 Å². The van der Waals surface area contributed by atoms with Crippen LogP contribution in [0.5, 0.6) is 0 Å². The van der Waals surface area contributed by atoms with Crippen molar-refractivity contribution in [3.8, 4) is 0 Å². The highest BCUT2D eigenvalue weighted by Gasteiger charge is 2.01. The van der Waals surface area contributed by atoms with Crippen molar-refractivity contribution in [2.75, 3.05) is 6.54 Å². The SMILES string of the molecule is Cc1cccc(CCNCc2ccccc2)c1Br. The molecule has 2 heteroatoms. The van der Waals surface area contributed by atoms with Crippen molar-refractivity contribution in [1.82, 2.24) is 5.32 Å². The van der Waals surface area contributed by atoms with Crippen molar-refractivity contribution in [1.29, 1.82) is 0 Å². The molecule has 0 amide bonds. The van der Waals surface area contributed by atoms with Crippen LogP contribution in [-0.2, 0) is 13.0 Å². The van der Waals surface area contributed by atoms with Crippen molar-refractivity contribution in [3.05, 3.63) is 69.7 Å². The summed E-state index contributed by atoms with van der Waals surface area (Å²) in [6.07, 6.45) is 1.05. The second-order valence-electron chi connectivity index (χ2n) is 4.46. The predicted molar refractivity (Wildman–Crippen MR) is 80.7 cm³/mol. The van der Waals surface area contributed by atoms with Gasteiger partial charge >= 0.3 is 0 Å². The van der Waals surface area contributed by atoms with E-state index in [9.17, 15) is 0 Å². The van der Waals surface area contributed by atoms with Gasteiger partial charge in [0.1, 0.15) is 0 Å². The maximum Gasteiger partial charge on any atom is 0.0236 e. The van der Waals surface area contributed by atoms with Gasteiger partial charge in [-0.25, -0.2) is 0 Å². The molecule has 2 rings (SSSR count). The summed E-state index contributed by atoms with van der Waals surface area (Å²) in [5.74, 6) is 0. The van der Waals surface area contributed by atoms with Gasteiger partial charge in [0.2, 0.25) is 0 Å². The van der Waals surface area contributed by atoms with E-state index in [1.54, 1.807) is 0 Å². The molecule has 1 nitrogen and oxygen atoms in total. The average molecular weight is 304 g/mol. The molecule has 0 heterocycles. The highest BCUT2D eigenvalue weighted by Crippen LogP contribution is 2.21. The molecule has 0 aliphatic rings. The molecule has 0 aliphatic carbocycles. The van der Waals surface area contributed by atoms with Gasteiger partial charge in [0, 0.05) is 11.0 Å². The number of aryl methyl sites for hydroxylation is 1. The number of nitrogens with one attached hydrogen (secondary N) is 1. The van der Waals surface area contributed by atoms with Crippen LogP contribution in [0.25, 0.3) is 0 Å². The van der Waals surface area contributed by atoms with Gasteiger partial charge in [-0.2, -0.15) is 0 Å². The lowest BCUT2D eigenvalue weighted by atomic mass is 10.1. The Bertz CT molecular complexity index is 494. The summed E-state index contributed by atoms with van der Waals surface area (Å²) in [5, 5.41) is 3.48. The van der Waals surface area contributed by atoms with E-state index in [-0.39, 0.29) is 0 Å². The first-order chi connectivity index (χ1) is 8.77. The number of hydrogen-bond acceptors (Lipinski definition) is 1. The highest BCUT2D eigenvalue weighted by atomic mass is 79.9. The molecule has 0 atom stereocenters. The zero-order valence-electron chi connectivity index (χ0n) is 10.6. The first-order valence-corrected chi connectivity index (χ1v) is 7.05. The van der Waals surface area contributed by atoms with E-state index in [1.807, 2.05) is 6.07 Å². The summed E-state index contributed by atoms with van der Waals surface area (Å²) in [7, 11) is 0. The fraction of sp³-hybridized carbons (Fsp3) is 0.250. The summed E-state index contributed by atoms with van der Waals surface area (Å²) in [6, 6.07) is 16.9. The van der Waals surface area contributed by atoms with Gasteiger partial charge in [0.25, 0.3) is 0 Å². The maximum atomic E-state index is 3.65. The van der Waals surface area contributed by atoms with E-state index in [1.165, 1.54) is 21.2 Å². The van der Waals surface area contributed by atoms with E-state index in [0.29, 0.717) is 0 Å². The van der Waals surface area contributed by atoms with E-state index in [4.69, 9.17) is 0 Å². The predicted octanol–water partition coefficient (Wildman–Crippen LogP) is 4.09. The monoisotopic (exact) mass is 303 g/mol. The Morgan fingerprint density at radius 1 is 1.00 bits per heavy atom. The topological polar surface area (TPSA) is 12.0 Å². The van der Waals surface area contributed by atoms with E-state index < -0.39 is 0 Å². The van der Waals surface area contributed by atoms with E-state index in [2.05, 4.69) is 70.6 Å². The first kappa shape index (κ1) is 13.3. The Kier molecular flexibility index (Phi) is 4.97. The zero-order chi connectivity index (χ0) is 12.8. The highest BCUT2D eigenvalue weighted by molar-refractivity contribution is 9.10. The minimum atomic E-state index is 0.935. The first-order valence-electron chi connectivity index (χ1n) is 6.26. The van der Waals surface area contributed by atoms with Crippen LogP contribution in [0.2, 0.25) is 0 Å². The Morgan fingerprint density at radius 3 is 2.56 bits per heavy atom. The van der Waals surface area contributed by atoms with Crippen molar-refractivity contribution in [2.24, 2.45) is 0 Å².